The van der Waals surface area contributed by atoms with E-state index in [1.165, 1.54) is 21.7 Å². The van der Waals surface area contributed by atoms with E-state index in [9.17, 15) is 9.59 Å². The first-order valence-electron chi connectivity index (χ1n) is 8.03. The number of carbonyl (C=O) groups is 2. The van der Waals surface area contributed by atoms with E-state index < -0.39 is 18.5 Å². The Bertz CT molecular complexity index is 974. The average molecular weight is 357 g/mol. The number of hydrogen-bond acceptors (Lipinski definition) is 7. The molecule has 0 aliphatic heterocycles. The van der Waals surface area contributed by atoms with Gasteiger partial charge >= 0.3 is 5.97 Å². The summed E-state index contributed by atoms with van der Waals surface area (Å²) in [4.78, 5) is 32.6. The van der Waals surface area contributed by atoms with Crippen molar-refractivity contribution in [3.05, 3.63) is 35.5 Å². The van der Waals surface area contributed by atoms with Crippen LogP contribution in [0.25, 0.3) is 5.78 Å². The van der Waals surface area contributed by atoms with Crippen molar-refractivity contribution in [3.63, 3.8) is 0 Å². The molecular formula is C16H19N7O3. The van der Waals surface area contributed by atoms with Gasteiger partial charge in [-0.05, 0) is 12.8 Å². The molecule has 10 nitrogen and oxygen atoms in total. The molecule has 0 bridgehead atoms. The normalized spacial score (nSPS) is 11.1. The number of hydrogen-bond donors (Lipinski definition) is 1. The van der Waals surface area contributed by atoms with E-state index in [0.717, 1.165) is 5.69 Å². The molecule has 10 heteroatoms. The average Bonchev–Trinajstić information content (AvgIpc) is 3.17. The first kappa shape index (κ1) is 17.5. The van der Waals surface area contributed by atoms with Crippen molar-refractivity contribution >= 4 is 23.5 Å². The Morgan fingerprint density at radius 2 is 2.08 bits per heavy atom. The number of rotatable bonds is 5. The fraction of sp³-hybridized carbons (Fsp3) is 0.375. The molecule has 0 aliphatic carbocycles. The number of aromatic nitrogens is 6. The first-order chi connectivity index (χ1) is 12.4. The monoisotopic (exact) mass is 357 g/mol. The van der Waals surface area contributed by atoms with Gasteiger partial charge in [-0.15, -0.1) is 0 Å². The predicted octanol–water partition coefficient (Wildman–Crippen LogP) is 1.09. The minimum Gasteiger partial charge on any atom is -0.452 e. The van der Waals surface area contributed by atoms with Gasteiger partial charge in [0.25, 0.3) is 11.7 Å². The summed E-state index contributed by atoms with van der Waals surface area (Å²) in [5.74, 6) is -0.195. The van der Waals surface area contributed by atoms with Crippen molar-refractivity contribution in [1.29, 1.82) is 0 Å². The molecule has 0 radical (unpaired) electrons. The van der Waals surface area contributed by atoms with Crippen molar-refractivity contribution in [3.8, 4) is 0 Å². The molecule has 1 amide bonds. The van der Waals surface area contributed by atoms with Crippen LogP contribution >= 0.6 is 0 Å². The van der Waals surface area contributed by atoms with Crippen LogP contribution in [0.3, 0.4) is 0 Å². The van der Waals surface area contributed by atoms with E-state index in [1.807, 2.05) is 20.8 Å². The molecule has 0 atom stereocenters. The van der Waals surface area contributed by atoms with E-state index in [1.54, 1.807) is 13.1 Å². The summed E-state index contributed by atoms with van der Waals surface area (Å²) in [6.45, 7) is 5.24. The fourth-order valence-electron chi connectivity index (χ4n) is 2.62. The topological polar surface area (TPSA) is 116 Å². The number of fused-ring (bicyclic) bond motifs is 1. The second-order valence-corrected chi connectivity index (χ2v) is 6.10. The maximum absolute atomic E-state index is 12.4. The lowest BCUT2D eigenvalue weighted by atomic mass is 10.1. The van der Waals surface area contributed by atoms with Crippen LogP contribution in [0.1, 0.15) is 41.5 Å². The fourth-order valence-corrected chi connectivity index (χ4v) is 2.62. The molecule has 26 heavy (non-hydrogen) atoms. The number of ether oxygens (including phenoxy) is 1. The molecule has 0 spiro atoms. The second-order valence-electron chi connectivity index (χ2n) is 6.10. The first-order valence-corrected chi connectivity index (χ1v) is 8.03. The quantitative estimate of drug-likeness (QED) is 0.679. The summed E-state index contributed by atoms with van der Waals surface area (Å²) in [5.41, 5.74) is 1.65. The van der Waals surface area contributed by atoms with Gasteiger partial charge in [0.1, 0.15) is 12.1 Å². The van der Waals surface area contributed by atoms with Crippen molar-refractivity contribution in [1.82, 2.24) is 29.4 Å². The summed E-state index contributed by atoms with van der Waals surface area (Å²) < 4.78 is 8.18. The van der Waals surface area contributed by atoms with Crippen molar-refractivity contribution in [2.75, 3.05) is 11.9 Å². The van der Waals surface area contributed by atoms with Gasteiger partial charge in [-0.25, -0.2) is 14.3 Å². The molecule has 3 aromatic rings. The molecule has 1 N–H and O–H groups in total. The highest BCUT2D eigenvalue weighted by Crippen LogP contribution is 2.20. The predicted molar refractivity (Wildman–Crippen MR) is 91.7 cm³/mol. The Balaban J connectivity index is 1.72. The standard InChI is InChI=1S/C16H19N7O3/c1-9(2)14-11(6-17-16-18-8-19-23(14)16)15(25)26-7-13(24)20-12-5-10(3)21-22(12)4/h5-6,8-9H,7H2,1-4H3,(H,20,24). The summed E-state index contributed by atoms with van der Waals surface area (Å²) in [6, 6.07) is 1.72. The van der Waals surface area contributed by atoms with Crippen LogP contribution < -0.4 is 5.32 Å². The molecule has 3 aromatic heterocycles. The van der Waals surface area contributed by atoms with Crippen molar-refractivity contribution in [2.24, 2.45) is 7.05 Å². The molecule has 3 heterocycles. The molecule has 3 rings (SSSR count). The van der Waals surface area contributed by atoms with Crippen LogP contribution in [0.15, 0.2) is 18.6 Å². The van der Waals surface area contributed by atoms with Gasteiger partial charge in [0, 0.05) is 19.3 Å². The smallest absolute Gasteiger partial charge is 0.342 e. The van der Waals surface area contributed by atoms with Gasteiger partial charge in [-0.1, -0.05) is 13.8 Å². The zero-order valence-corrected chi connectivity index (χ0v) is 14.9. The zero-order valence-electron chi connectivity index (χ0n) is 14.9. The molecular weight excluding hydrogens is 338 g/mol. The third kappa shape index (κ3) is 3.39. The summed E-state index contributed by atoms with van der Waals surface area (Å²) in [7, 11) is 1.71. The number of amides is 1. The number of nitrogens with zero attached hydrogens (tertiary/aromatic N) is 6. The van der Waals surface area contributed by atoms with Gasteiger partial charge in [0.05, 0.1) is 17.0 Å². The Kier molecular flexibility index (Phi) is 4.65. The molecule has 0 fully saturated rings. The largest absolute Gasteiger partial charge is 0.452 e. The lowest BCUT2D eigenvalue weighted by molar-refractivity contribution is -0.119. The van der Waals surface area contributed by atoms with Gasteiger partial charge in [-0.3, -0.25) is 9.48 Å². The third-order valence-electron chi connectivity index (χ3n) is 3.71. The Morgan fingerprint density at radius 1 is 1.31 bits per heavy atom. The van der Waals surface area contributed by atoms with Crippen molar-refractivity contribution < 1.29 is 14.3 Å². The van der Waals surface area contributed by atoms with Gasteiger partial charge in [-0.2, -0.15) is 15.2 Å². The van der Waals surface area contributed by atoms with Crippen LogP contribution in [0, 0.1) is 6.92 Å². The van der Waals surface area contributed by atoms with Gasteiger partial charge < -0.3 is 10.1 Å². The van der Waals surface area contributed by atoms with E-state index in [2.05, 4.69) is 25.5 Å². The van der Waals surface area contributed by atoms with Crippen LogP contribution in [-0.4, -0.2) is 47.8 Å². The summed E-state index contributed by atoms with van der Waals surface area (Å²) in [5, 5.41) is 10.9. The minimum atomic E-state index is -0.644. The van der Waals surface area contributed by atoms with E-state index >= 15 is 0 Å². The second kappa shape index (κ2) is 6.90. The van der Waals surface area contributed by atoms with E-state index in [-0.39, 0.29) is 11.5 Å². The Morgan fingerprint density at radius 3 is 2.73 bits per heavy atom. The number of esters is 1. The molecule has 136 valence electrons. The number of carbonyl (C=O) groups excluding carboxylic acids is 2. The lowest BCUT2D eigenvalue weighted by Crippen LogP contribution is -2.23. The molecule has 0 saturated heterocycles. The van der Waals surface area contributed by atoms with Gasteiger partial charge in [0.2, 0.25) is 0 Å². The summed E-state index contributed by atoms with van der Waals surface area (Å²) >= 11 is 0. The van der Waals surface area contributed by atoms with Crippen LogP contribution in [0.2, 0.25) is 0 Å². The maximum atomic E-state index is 12.4. The number of aryl methyl sites for hydroxylation is 2. The zero-order chi connectivity index (χ0) is 18.8. The van der Waals surface area contributed by atoms with Crippen LogP contribution in [0.4, 0.5) is 5.82 Å². The maximum Gasteiger partial charge on any atom is 0.342 e. The lowest BCUT2D eigenvalue weighted by Gasteiger charge is -2.13. The Labute approximate surface area is 149 Å². The molecule has 0 aliphatic rings. The minimum absolute atomic E-state index is 0.0176. The molecule has 0 unspecified atom stereocenters. The third-order valence-corrected chi connectivity index (χ3v) is 3.71. The molecule has 0 aromatic carbocycles. The van der Waals surface area contributed by atoms with Crippen LogP contribution in [0.5, 0.6) is 0 Å². The van der Waals surface area contributed by atoms with E-state index in [0.29, 0.717) is 17.3 Å². The van der Waals surface area contributed by atoms with Crippen LogP contribution in [-0.2, 0) is 16.6 Å². The summed E-state index contributed by atoms with van der Waals surface area (Å²) in [6.07, 6.45) is 2.76. The Hall–Kier alpha value is -3.30. The van der Waals surface area contributed by atoms with E-state index in [4.69, 9.17) is 4.74 Å². The highest BCUT2D eigenvalue weighted by atomic mass is 16.5. The number of anilines is 1. The number of nitrogens with one attached hydrogen (secondary N) is 1. The highest BCUT2D eigenvalue weighted by molar-refractivity contribution is 5.95. The SMILES string of the molecule is Cc1cc(NC(=O)COC(=O)c2cnc3ncnn3c2C(C)C)n(C)n1. The molecule has 0 saturated carbocycles. The van der Waals surface area contributed by atoms with Crippen molar-refractivity contribution in [2.45, 2.75) is 26.7 Å². The highest BCUT2D eigenvalue weighted by Gasteiger charge is 2.21. The van der Waals surface area contributed by atoms with Gasteiger partial charge in [0.15, 0.2) is 6.61 Å².